The van der Waals surface area contributed by atoms with Crippen LogP contribution in [0.15, 0.2) is 24.3 Å². The molecule has 2 aromatic rings. The van der Waals surface area contributed by atoms with Crippen molar-refractivity contribution in [3.8, 4) is 17.1 Å². The predicted octanol–water partition coefficient (Wildman–Crippen LogP) is 4.28. The number of ether oxygens (including phenoxy) is 1. The van der Waals surface area contributed by atoms with Crippen LogP contribution in [0.4, 0.5) is 8.78 Å². The van der Waals surface area contributed by atoms with Gasteiger partial charge >= 0.3 is 6.61 Å². The van der Waals surface area contributed by atoms with E-state index in [4.69, 9.17) is 11.6 Å². The second kappa shape index (κ2) is 5.93. The molecule has 1 aliphatic rings. The summed E-state index contributed by atoms with van der Waals surface area (Å²) in [6.07, 6.45) is 3.82. The van der Waals surface area contributed by atoms with E-state index in [1.54, 1.807) is 18.2 Å². The van der Waals surface area contributed by atoms with Crippen molar-refractivity contribution in [2.75, 3.05) is 0 Å². The van der Waals surface area contributed by atoms with Crippen LogP contribution in [-0.2, 0) is 12.8 Å². The molecule has 3 rings (SSSR count). The van der Waals surface area contributed by atoms with Gasteiger partial charge in [-0.05, 0) is 37.8 Å². The van der Waals surface area contributed by atoms with Gasteiger partial charge in [-0.25, -0.2) is 9.97 Å². The molecule has 110 valence electrons. The minimum Gasteiger partial charge on any atom is -0.434 e. The highest BCUT2D eigenvalue weighted by molar-refractivity contribution is 6.30. The van der Waals surface area contributed by atoms with Gasteiger partial charge in [-0.15, -0.1) is 0 Å². The largest absolute Gasteiger partial charge is 0.434 e. The van der Waals surface area contributed by atoms with E-state index in [0.29, 0.717) is 16.5 Å². The quantitative estimate of drug-likeness (QED) is 0.794. The van der Waals surface area contributed by atoms with Crippen molar-refractivity contribution >= 4 is 11.6 Å². The van der Waals surface area contributed by atoms with Crippen LogP contribution in [0.25, 0.3) is 11.4 Å². The number of para-hydroxylation sites is 1. The van der Waals surface area contributed by atoms with E-state index in [9.17, 15) is 8.78 Å². The number of rotatable bonds is 3. The fraction of sp³-hybridized carbons (Fsp3) is 0.333. The van der Waals surface area contributed by atoms with Crippen LogP contribution in [0.2, 0.25) is 5.15 Å². The molecular formula is C15H13ClF2N2O. The summed E-state index contributed by atoms with van der Waals surface area (Å²) in [6, 6.07) is 6.47. The summed E-state index contributed by atoms with van der Waals surface area (Å²) < 4.78 is 29.5. The Morgan fingerprint density at radius 1 is 1.10 bits per heavy atom. The zero-order valence-electron chi connectivity index (χ0n) is 11.2. The van der Waals surface area contributed by atoms with Crippen LogP contribution in [-0.4, -0.2) is 16.6 Å². The maximum Gasteiger partial charge on any atom is 0.387 e. The third kappa shape index (κ3) is 2.97. The molecule has 21 heavy (non-hydrogen) atoms. The predicted molar refractivity (Wildman–Crippen MR) is 75.8 cm³/mol. The summed E-state index contributed by atoms with van der Waals surface area (Å²) >= 11 is 6.22. The molecule has 0 saturated heterocycles. The first-order valence-corrected chi connectivity index (χ1v) is 7.12. The van der Waals surface area contributed by atoms with Gasteiger partial charge in [0.2, 0.25) is 0 Å². The molecule has 1 aromatic carbocycles. The molecule has 6 heteroatoms. The molecule has 1 aromatic heterocycles. The summed E-state index contributed by atoms with van der Waals surface area (Å²) in [5.74, 6) is 0.385. The minimum atomic E-state index is -2.89. The highest BCUT2D eigenvalue weighted by atomic mass is 35.5. The van der Waals surface area contributed by atoms with Crippen molar-refractivity contribution in [2.24, 2.45) is 0 Å². The van der Waals surface area contributed by atoms with Gasteiger partial charge in [0.15, 0.2) is 5.82 Å². The van der Waals surface area contributed by atoms with Crippen molar-refractivity contribution in [3.05, 3.63) is 40.7 Å². The summed E-state index contributed by atoms with van der Waals surface area (Å²) in [7, 11) is 0. The Bertz CT molecular complexity index is 664. The van der Waals surface area contributed by atoms with Crippen LogP contribution >= 0.6 is 11.6 Å². The number of halogens is 3. The molecule has 0 amide bonds. The maximum atomic E-state index is 12.5. The van der Waals surface area contributed by atoms with E-state index in [0.717, 1.165) is 36.9 Å². The molecule has 1 heterocycles. The highest BCUT2D eigenvalue weighted by Gasteiger charge is 2.19. The molecule has 0 radical (unpaired) electrons. The molecule has 1 aliphatic carbocycles. The summed E-state index contributed by atoms with van der Waals surface area (Å²) in [4.78, 5) is 8.75. The lowest BCUT2D eigenvalue weighted by Gasteiger charge is -2.17. The van der Waals surface area contributed by atoms with E-state index >= 15 is 0 Å². The first-order chi connectivity index (χ1) is 10.1. The van der Waals surface area contributed by atoms with Gasteiger partial charge in [0, 0.05) is 11.3 Å². The molecular weight excluding hydrogens is 298 g/mol. The Hall–Kier alpha value is -1.75. The monoisotopic (exact) mass is 310 g/mol. The Kier molecular flexibility index (Phi) is 4.01. The first kappa shape index (κ1) is 14.2. The fourth-order valence-corrected chi connectivity index (χ4v) is 2.80. The third-order valence-corrected chi connectivity index (χ3v) is 3.79. The van der Waals surface area contributed by atoms with Gasteiger partial charge in [-0.1, -0.05) is 23.7 Å². The Balaban J connectivity index is 2.07. The lowest BCUT2D eigenvalue weighted by molar-refractivity contribution is -0.0494. The Labute approximate surface area is 125 Å². The molecule has 3 nitrogen and oxygen atoms in total. The van der Waals surface area contributed by atoms with E-state index in [2.05, 4.69) is 14.7 Å². The van der Waals surface area contributed by atoms with Crippen LogP contribution in [0.5, 0.6) is 5.75 Å². The molecule has 0 atom stereocenters. The van der Waals surface area contributed by atoms with Crippen molar-refractivity contribution in [3.63, 3.8) is 0 Å². The van der Waals surface area contributed by atoms with Gasteiger partial charge in [-0.3, -0.25) is 0 Å². The third-order valence-electron chi connectivity index (χ3n) is 3.48. The maximum absolute atomic E-state index is 12.5. The van der Waals surface area contributed by atoms with Crippen molar-refractivity contribution in [2.45, 2.75) is 32.3 Å². The zero-order chi connectivity index (χ0) is 14.8. The van der Waals surface area contributed by atoms with Crippen LogP contribution in [0, 0.1) is 0 Å². The molecule has 0 N–H and O–H groups in total. The smallest absolute Gasteiger partial charge is 0.387 e. The normalized spacial score (nSPS) is 14.1. The molecule has 0 unspecified atom stereocenters. The molecule has 0 bridgehead atoms. The number of alkyl halides is 2. The fourth-order valence-electron chi connectivity index (χ4n) is 2.52. The van der Waals surface area contributed by atoms with Crippen molar-refractivity contribution < 1.29 is 13.5 Å². The number of hydrogen-bond donors (Lipinski definition) is 0. The lowest BCUT2D eigenvalue weighted by Crippen LogP contribution is -2.09. The van der Waals surface area contributed by atoms with E-state index in [1.807, 2.05) is 0 Å². The highest BCUT2D eigenvalue weighted by Crippen LogP contribution is 2.32. The van der Waals surface area contributed by atoms with Gasteiger partial charge in [0.25, 0.3) is 0 Å². The lowest BCUT2D eigenvalue weighted by atomic mass is 9.97. The SMILES string of the molecule is FC(F)Oc1ccccc1-c1nc(Cl)c2c(n1)CCCC2. The van der Waals surface area contributed by atoms with E-state index in [1.165, 1.54) is 6.07 Å². The number of nitrogens with zero attached hydrogens (tertiary/aromatic N) is 2. The second-order valence-corrected chi connectivity index (χ2v) is 5.20. The molecule has 0 fully saturated rings. The van der Waals surface area contributed by atoms with Gasteiger partial charge < -0.3 is 4.74 Å². The average Bonchev–Trinajstić information content (AvgIpc) is 2.47. The molecule has 0 aliphatic heterocycles. The number of benzene rings is 1. The van der Waals surface area contributed by atoms with Crippen molar-refractivity contribution in [1.29, 1.82) is 0 Å². The Morgan fingerprint density at radius 2 is 1.86 bits per heavy atom. The van der Waals surface area contributed by atoms with E-state index in [-0.39, 0.29) is 5.75 Å². The standard InChI is InChI=1S/C15H13ClF2N2O/c16-13-9-5-1-3-7-11(9)19-14(20-13)10-6-2-4-8-12(10)21-15(17)18/h2,4,6,8,15H,1,3,5,7H2. The zero-order valence-corrected chi connectivity index (χ0v) is 11.9. The summed E-state index contributed by atoms with van der Waals surface area (Å²) in [5.41, 5.74) is 2.30. The van der Waals surface area contributed by atoms with Crippen molar-refractivity contribution in [1.82, 2.24) is 9.97 Å². The van der Waals surface area contributed by atoms with Gasteiger partial charge in [-0.2, -0.15) is 8.78 Å². The van der Waals surface area contributed by atoms with E-state index < -0.39 is 6.61 Å². The Morgan fingerprint density at radius 3 is 2.67 bits per heavy atom. The average molecular weight is 311 g/mol. The summed E-state index contributed by atoms with van der Waals surface area (Å²) in [6.45, 7) is -2.89. The van der Waals surface area contributed by atoms with Gasteiger partial charge in [0.1, 0.15) is 10.9 Å². The van der Waals surface area contributed by atoms with Gasteiger partial charge in [0.05, 0.1) is 5.56 Å². The van der Waals surface area contributed by atoms with Crippen LogP contribution in [0.1, 0.15) is 24.1 Å². The molecule has 0 spiro atoms. The second-order valence-electron chi connectivity index (χ2n) is 4.85. The number of aryl methyl sites for hydroxylation is 1. The number of aromatic nitrogens is 2. The summed E-state index contributed by atoms with van der Waals surface area (Å²) in [5, 5.41) is 0.404. The number of fused-ring (bicyclic) bond motifs is 1. The first-order valence-electron chi connectivity index (χ1n) is 6.74. The van der Waals surface area contributed by atoms with Crippen LogP contribution < -0.4 is 4.74 Å². The topological polar surface area (TPSA) is 35.0 Å². The number of hydrogen-bond acceptors (Lipinski definition) is 3. The van der Waals surface area contributed by atoms with Crippen LogP contribution in [0.3, 0.4) is 0 Å². The molecule has 0 saturated carbocycles. The minimum absolute atomic E-state index is 0.0549.